The van der Waals surface area contributed by atoms with E-state index in [9.17, 15) is 23.1 Å². The number of aliphatic hydroxyl groups is 1. The van der Waals surface area contributed by atoms with Crippen molar-refractivity contribution >= 4 is 22.0 Å². The van der Waals surface area contributed by atoms with Gasteiger partial charge >= 0.3 is 23.4 Å². The predicted molar refractivity (Wildman–Crippen MR) is 105 cm³/mol. The summed E-state index contributed by atoms with van der Waals surface area (Å²) in [5.41, 5.74) is -1.17. The predicted octanol–water partition coefficient (Wildman–Crippen LogP) is 2.85. The first-order chi connectivity index (χ1) is 14.2. The highest BCUT2D eigenvalue weighted by molar-refractivity contribution is 7.92. The molecule has 1 heterocycles. The molecule has 0 aromatic heterocycles. The second-order valence-electron chi connectivity index (χ2n) is 8.02. The molecular formula is C19H26F2N2O7S. The normalized spacial score (nSPS) is 17.4. The first-order valence-corrected chi connectivity index (χ1v) is 11.1. The van der Waals surface area contributed by atoms with Crippen LogP contribution in [0.25, 0.3) is 0 Å². The minimum absolute atomic E-state index is 0.165. The van der Waals surface area contributed by atoms with Crippen molar-refractivity contribution in [2.24, 2.45) is 0 Å². The van der Waals surface area contributed by atoms with Crippen LogP contribution in [-0.2, 0) is 19.3 Å². The highest BCUT2D eigenvalue weighted by Gasteiger charge is 2.68. The van der Waals surface area contributed by atoms with Crippen molar-refractivity contribution in [3.63, 3.8) is 0 Å². The van der Waals surface area contributed by atoms with E-state index in [2.05, 4.69) is 4.74 Å². The lowest BCUT2D eigenvalue weighted by atomic mass is 10.1. The van der Waals surface area contributed by atoms with E-state index in [1.165, 1.54) is 44.3 Å². The number of nitrogens with one attached hydrogen (secondary N) is 1. The molecule has 2 rings (SSSR count). The first kappa shape index (κ1) is 24.8. The first-order valence-electron chi connectivity index (χ1n) is 9.58. The number of carbonyl (C=O) groups is 2. The highest BCUT2D eigenvalue weighted by Crippen LogP contribution is 2.38. The summed E-state index contributed by atoms with van der Waals surface area (Å²) >= 11 is 0. The van der Waals surface area contributed by atoms with Crippen LogP contribution in [0.3, 0.4) is 0 Å². The van der Waals surface area contributed by atoms with Gasteiger partial charge in [-0.1, -0.05) is 18.2 Å². The number of piperidine rings is 1. The zero-order chi connectivity index (χ0) is 23.5. The van der Waals surface area contributed by atoms with Crippen LogP contribution in [0.4, 0.5) is 18.4 Å². The number of benzene rings is 1. The number of hydrogen-bond acceptors (Lipinski definition) is 7. The van der Waals surface area contributed by atoms with E-state index >= 15 is 8.78 Å². The Morgan fingerprint density at radius 2 is 1.58 bits per heavy atom. The van der Waals surface area contributed by atoms with Gasteiger partial charge in [-0.2, -0.15) is 8.78 Å². The van der Waals surface area contributed by atoms with Crippen LogP contribution in [0.15, 0.2) is 35.2 Å². The summed E-state index contributed by atoms with van der Waals surface area (Å²) in [6.07, 6.45) is -1.05. The SMILES string of the molecule is CC(C)(C)OC(=O)NC(O)(OC(=O)N1CCCCC1)C(F)(F)S(=O)(=O)c1ccccc1. The Labute approximate surface area is 179 Å². The lowest BCUT2D eigenvalue weighted by Crippen LogP contribution is -2.67. The minimum Gasteiger partial charge on any atom is -0.444 e. The third-order valence-electron chi connectivity index (χ3n) is 4.31. The third-order valence-corrected chi connectivity index (χ3v) is 6.15. The van der Waals surface area contributed by atoms with Gasteiger partial charge in [0.05, 0.1) is 4.90 Å². The summed E-state index contributed by atoms with van der Waals surface area (Å²) in [5, 5.41) is 6.76. The molecule has 1 aliphatic rings. The average Bonchev–Trinajstić information content (AvgIpc) is 2.67. The highest BCUT2D eigenvalue weighted by atomic mass is 32.2. The summed E-state index contributed by atoms with van der Waals surface area (Å²) in [7, 11) is -5.61. The molecule has 1 aromatic rings. The molecule has 0 saturated carbocycles. The van der Waals surface area contributed by atoms with Gasteiger partial charge in [0.15, 0.2) is 0 Å². The zero-order valence-electron chi connectivity index (χ0n) is 17.4. The van der Waals surface area contributed by atoms with Crippen LogP contribution >= 0.6 is 0 Å². The summed E-state index contributed by atoms with van der Waals surface area (Å²) in [4.78, 5) is 24.7. The number of likely N-dealkylation sites (tertiary alicyclic amines) is 1. The summed E-state index contributed by atoms with van der Waals surface area (Å²) < 4.78 is 65.1. The number of hydrogen-bond donors (Lipinski definition) is 2. The zero-order valence-corrected chi connectivity index (χ0v) is 18.2. The lowest BCUT2D eigenvalue weighted by Gasteiger charge is -2.36. The molecule has 2 N–H and O–H groups in total. The Bertz CT molecular complexity index is 898. The summed E-state index contributed by atoms with van der Waals surface area (Å²) in [6.45, 7) is 4.59. The number of rotatable bonds is 5. The second-order valence-corrected chi connectivity index (χ2v) is 10.0. The largest absolute Gasteiger partial charge is 0.444 e. The maximum absolute atomic E-state index is 15.3. The van der Waals surface area contributed by atoms with Crippen molar-refractivity contribution in [1.82, 2.24) is 10.2 Å². The molecule has 1 aromatic carbocycles. The van der Waals surface area contributed by atoms with Crippen LogP contribution in [0, 0.1) is 0 Å². The number of amides is 2. The Morgan fingerprint density at radius 3 is 2.10 bits per heavy atom. The number of carbonyl (C=O) groups excluding carboxylic acids is 2. The van der Waals surface area contributed by atoms with Gasteiger partial charge in [-0.3, -0.25) is 5.32 Å². The van der Waals surface area contributed by atoms with Crippen molar-refractivity contribution in [1.29, 1.82) is 0 Å². The molecule has 0 radical (unpaired) electrons. The molecule has 1 unspecified atom stereocenters. The van der Waals surface area contributed by atoms with Crippen LogP contribution in [0.1, 0.15) is 40.0 Å². The Balaban J connectivity index is 2.43. The smallest absolute Gasteiger partial charge is 0.434 e. The molecule has 1 atom stereocenters. The van der Waals surface area contributed by atoms with Gasteiger partial charge in [-0.25, -0.2) is 18.0 Å². The molecule has 12 heteroatoms. The van der Waals surface area contributed by atoms with E-state index in [0.29, 0.717) is 12.8 Å². The Morgan fingerprint density at radius 1 is 1.03 bits per heavy atom. The molecule has 1 fully saturated rings. The second kappa shape index (κ2) is 8.95. The van der Waals surface area contributed by atoms with Gasteiger partial charge in [-0.15, -0.1) is 0 Å². The molecule has 0 spiro atoms. The minimum atomic E-state index is -5.61. The summed E-state index contributed by atoms with van der Waals surface area (Å²) in [6, 6.07) is 5.55. The third kappa shape index (κ3) is 5.62. The molecule has 0 bridgehead atoms. The molecule has 9 nitrogen and oxygen atoms in total. The van der Waals surface area contributed by atoms with Gasteiger partial charge < -0.3 is 19.5 Å². The molecular weight excluding hydrogens is 438 g/mol. The Kier molecular flexibility index (Phi) is 7.16. The van der Waals surface area contributed by atoms with E-state index in [-0.39, 0.29) is 13.1 Å². The van der Waals surface area contributed by atoms with Gasteiger partial charge in [0, 0.05) is 13.1 Å². The molecule has 1 aliphatic heterocycles. The fraction of sp³-hybridized carbons (Fsp3) is 0.579. The van der Waals surface area contributed by atoms with E-state index in [0.717, 1.165) is 23.5 Å². The number of halogens is 2. The summed E-state index contributed by atoms with van der Waals surface area (Å²) in [5.74, 6) is -4.24. The fourth-order valence-electron chi connectivity index (χ4n) is 2.80. The quantitative estimate of drug-likeness (QED) is 0.643. The van der Waals surface area contributed by atoms with Gasteiger partial charge in [0.2, 0.25) is 0 Å². The number of nitrogens with zero attached hydrogens (tertiary/aromatic N) is 1. The van der Waals surface area contributed by atoms with Gasteiger partial charge in [-0.05, 0) is 52.2 Å². The van der Waals surface area contributed by atoms with Crippen LogP contribution < -0.4 is 5.32 Å². The monoisotopic (exact) mass is 464 g/mol. The van der Waals surface area contributed by atoms with Crippen molar-refractivity contribution in [2.45, 2.75) is 61.7 Å². The van der Waals surface area contributed by atoms with Crippen LogP contribution in [-0.4, -0.2) is 60.5 Å². The molecule has 2 amide bonds. The maximum Gasteiger partial charge on any atom is 0.434 e. The van der Waals surface area contributed by atoms with E-state index in [1.807, 2.05) is 0 Å². The molecule has 174 valence electrons. The van der Waals surface area contributed by atoms with Crippen LogP contribution in [0.5, 0.6) is 0 Å². The molecule has 0 aliphatic carbocycles. The number of ether oxygens (including phenoxy) is 2. The van der Waals surface area contributed by atoms with Crippen molar-refractivity contribution in [2.75, 3.05) is 13.1 Å². The molecule has 1 saturated heterocycles. The van der Waals surface area contributed by atoms with Crippen molar-refractivity contribution in [3.8, 4) is 0 Å². The number of alkyl halides is 2. The fourth-order valence-corrected chi connectivity index (χ4v) is 4.07. The molecule has 31 heavy (non-hydrogen) atoms. The number of sulfone groups is 1. The lowest BCUT2D eigenvalue weighted by molar-refractivity contribution is -0.273. The average molecular weight is 464 g/mol. The van der Waals surface area contributed by atoms with Crippen LogP contribution in [0.2, 0.25) is 0 Å². The Hall–Kier alpha value is -2.47. The van der Waals surface area contributed by atoms with Crippen molar-refractivity contribution in [3.05, 3.63) is 30.3 Å². The maximum atomic E-state index is 15.3. The van der Waals surface area contributed by atoms with Gasteiger partial charge in [0.25, 0.3) is 9.84 Å². The van der Waals surface area contributed by atoms with E-state index in [1.54, 1.807) is 0 Å². The number of alkyl carbamates (subject to hydrolysis) is 1. The standard InChI is InChI=1S/C19H26F2N2O7S/c1-17(2,3)29-15(24)22-19(26,30-16(25)23-12-8-5-9-13-23)18(20,21)31(27,28)14-10-6-4-7-11-14/h4,6-7,10-11,26H,5,8-9,12-13H2,1-3H3,(H,22,24). The van der Waals surface area contributed by atoms with Crippen molar-refractivity contribution < 1.29 is 41.4 Å². The van der Waals surface area contributed by atoms with E-state index < -0.39 is 43.7 Å². The van der Waals surface area contributed by atoms with E-state index in [4.69, 9.17) is 4.74 Å². The van der Waals surface area contributed by atoms with Gasteiger partial charge in [0.1, 0.15) is 5.60 Å². The topological polar surface area (TPSA) is 122 Å².